The molecule has 0 unspecified atom stereocenters. The summed E-state index contributed by atoms with van der Waals surface area (Å²) >= 11 is 6.43. The van der Waals surface area contributed by atoms with Gasteiger partial charge in [-0.1, -0.05) is 11.6 Å². The van der Waals surface area contributed by atoms with Gasteiger partial charge in [0.25, 0.3) is 0 Å². The Morgan fingerprint density at radius 1 is 1.00 bits per heavy atom. The normalized spacial score (nSPS) is 15.9. The number of benzene rings is 2. The summed E-state index contributed by atoms with van der Waals surface area (Å²) in [5.41, 5.74) is 3.37. The molecule has 8 nitrogen and oxygen atoms in total. The number of hydrogen-bond acceptors (Lipinski definition) is 8. The molecular formula is C24H26ClN5O3. The third-order valence-electron chi connectivity index (χ3n) is 5.84. The Morgan fingerprint density at radius 3 is 2.58 bits per heavy atom. The third kappa shape index (κ3) is 4.62. The first-order valence-corrected chi connectivity index (χ1v) is 11.3. The molecule has 0 spiro atoms. The molecule has 1 N–H and O–H groups in total. The summed E-state index contributed by atoms with van der Waals surface area (Å²) in [6, 6.07) is 11.7. The van der Waals surface area contributed by atoms with Crippen molar-refractivity contribution in [1.82, 2.24) is 14.9 Å². The molecule has 2 aromatic carbocycles. The van der Waals surface area contributed by atoms with Crippen LogP contribution in [0.15, 0.2) is 42.6 Å². The van der Waals surface area contributed by atoms with Crippen LogP contribution in [0.4, 0.5) is 17.3 Å². The van der Waals surface area contributed by atoms with Gasteiger partial charge in [0, 0.05) is 43.5 Å². The zero-order valence-corrected chi connectivity index (χ0v) is 19.4. The topological polar surface area (TPSA) is 72.0 Å². The molecule has 0 amide bonds. The number of ether oxygens (including phenoxy) is 3. The van der Waals surface area contributed by atoms with E-state index in [-0.39, 0.29) is 0 Å². The Labute approximate surface area is 198 Å². The molecule has 0 saturated carbocycles. The van der Waals surface area contributed by atoms with Gasteiger partial charge in [0.05, 0.1) is 29.7 Å². The van der Waals surface area contributed by atoms with Crippen molar-refractivity contribution in [2.75, 3.05) is 63.8 Å². The smallest absolute Gasteiger partial charge is 0.227 e. The van der Waals surface area contributed by atoms with Crippen molar-refractivity contribution in [2.24, 2.45) is 0 Å². The monoisotopic (exact) mass is 467 g/mol. The second kappa shape index (κ2) is 9.33. The summed E-state index contributed by atoms with van der Waals surface area (Å²) in [7, 11) is 3.84. The lowest BCUT2D eigenvalue weighted by molar-refractivity contribution is 0.171. The predicted octanol–water partition coefficient (Wildman–Crippen LogP) is 4.07. The number of nitrogens with zero attached hydrogens (tertiary/aromatic N) is 4. The highest BCUT2D eigenvalue weighted by molar-refractivity contribution is 6.32. The molecule has 1 saturated heterocycles. The van der Waals surface area contributed by atoms with E-state index in [0.29, 0.717) is 35.6 Å². The summed E-state index contributed by atoms with van der Waals surface area (Å²) in [6.45, 7) is 5.07. The maximum atomic E-state index is 6.43. The van der Waals surface area contributed by atoms with Gasteiger partial charge in [0.1, 0.15) is 19.0 Å². The van der Waals surface area contributed by atoms with Gasteiger partial charge in [-0.25, -0.2) is 9.97 Å². The number of nitrogens with one attached hydrogen (secondary N) is 1. The molecule has 2 aliphatic heterocycles. The molecule has 1 fully saturated rings. The van der Waals surface area contributed by atoms with Crippen molar-refractivity contribution in [1.29, 1.82) is 0 Å². The van der Waals surface area contributed by atoms with Crippen molar-refractivity contribution >= 4 is 28.9 Å². The second-order valence-corrected chi connectivity index (χ2v) is 8.46. The first-order chi connectivity index (χ1) is 16.1. The van der Waals surface area contributed by atoms with Crippen molar-refractivity contribution in [2.45, 2.75) is 0 Å². The van der Waals surface area contributed by atoms with E-state index in [9.17, 15) is 0 Å². The summed E-state index contributed by atoms with van der Waals surface area (Å²) in [5, 5.41) is 3.73. The fourth-order valence-corrected chi connectivity index (χ4v) is 4.21. The number of methoxy groups -OCH3 is 1. The molecule has 0 atom stereocenters. The van der Waals surface area contributed by atoms with E-state index < -0.39 is 0 Å². The Kier molecular flexibility index (Phi) is 6.11. The summed E-state index contributed by atoms with van der Waals surface area (Å²) in [4.78, 5) is 13.7. The van der Waals surface area contributed by atoms with E-state index >= 15 is 0 Å². The first-order valence-electron chi connectivity index (χ1n) is 10.9. The highest BCUT2D eigenvalue weighted by atomic mass is 35.5. The van der Waals surface area contributed by atoms with E-state index in [0.717, 1.165) is 54.6 Å². The minimum absolute atomic E-state index is 0.443. The van der Waals surface area contributed by atoms with Crippen molar-refractivity contribution in [3.8, 4) is 28.5 Å². The number of aromatic nitrogens is 2. The molecule has 0 bridgehead atoms. The first kappa shape index (κ1) is 21.6. The molecule has 0 aliphatic carbocycles. The van der Waals surface area contributed by atoms with E-state index in [1.165, 1.54) is 0 Å². The van der Waals surface area contributed by atoms with Gasteiger partial charge in [0.15, 0.2) is 11.5 Å². The molecule has 0 radical (unpaired) electrons. The van der Waals surface area contributed by atoms with Gasteiger partial charge in [-0.15, -0.1) is 0 Å². The number of fused-ring (bicyclic) bond motifs is 1. The van der Waals surface area contributed by atoms with E-state index in [1.807, 2.05) is 30.3 Å². The minimum atomic E-state index is 0.443. The van der Waals surface area contributed by atoms with Crippen LogP contribution in [0.1, 0.15) is 0 Å². The predicted molar refractivity (Wildman–Crippen MR) is 129 cm³/mol. The van der Waals surface area contributed by atoms with Gasteiger partial charge < -0.3 is 29.3 Å². The van der Waals surface area contributed by atoms with E-state index in [1.54, 1.807) is 13.3 Å². The van der Waals surface area contributed by atoms with Crippen LogP contribution in [-0.2, 0) is 0 Å². The summed E-state index contributed by atoms with van der Waals surface area (Å²) in [6.07, 6.45) is 1.60. The number of anilines is 3. The summed E-state index contributed by atoms with van der Waals surface area (Å²) < 4.78 is 17.0. The van der Waals surface area contributed by atoms with Crippen LogP contribution in [0, 0.1) is 0 Å². The lowest BCUT2D eigenvalue weighted by Crippen LogP contribution is -2.44. The van der Waals surface area contributed by atoms with Gasteiger partial charge >= 0.3 is 0 Å². The Morgan fingerprint density at radius 2 is 1.79 bits per heavy atom. The van der Waals surface area contributed by atoms with Gasteiger partial charge in [0.2, 0.25) is 5.95 Å². The van der Waals surface area contributed by atoms with Gasteiger partial charge in [-0.05, 0) is 37.4 Å². The number of piperazine rings is 1. The molecule has 172 valence electrons. The standard InChI is InChI=1S/C24H26ClN5O3/c1-29-7-9-30(10-8-29)19-5-4-17(14-21(19)31-2)27-24-26-15-18(25)23(28-24)16-3-6-20-22(13-16)33-12-11-32-20/h3-6,13-15H,7-12H2,1-2H3,(H,26,27,28). The van der Waals surface area contributed by atoms with Crippen molar-refractivity contribution in [3.05, 3.63) is 47.6 Å². The minimum Gasteiger partial charge on any atom is -0.495 e. The van der Waals surface area contributed by atoms with Crippen LogP contribution in [0.25, 0.3) is 11.3 Å². The number of rotatable bonds is 5. The second-order valence-electron chi connectivity index (χ2n) is 8.05. The quantitative estimate of drug-likeness (QED) is 0.602. The molecule has 5 rings (SSSR count). The molecule has 9 heteroatoms. The van der Waals surface area contributed by atoms with E-state index in [4.69, 9.17) is 25.8 Å². The van der Waals surface area contributed by atoms with Gasteiger partial charge in [-0.3, -0.25) is 0 Å². The highest BCUT2D eigenvalue weighted by Crippen LogP contribution is 2.37. The van der Waals surface area contributed by atoms with Crippen LogP contribution in [-0.4, -0.2) is 68.4 Å². The SMILES string of the molecule is COc1cc(Nc2ncc(Cl)c(-c3ccc4c(c3)OCCO4)n2)ccc1N1CCN(C)CC1. The lowest BCUT2D eigenvalue weighted by Gasteiger charge is -2.34. The Balaban J connectivity index is 1.38. The van der Waals surface area contributed by atoms with Crippen LogP contribution < -0.4 is 24.4 Å². The highest BCUT2D eigenvalue weighted by Gasteiger charge is 2.19. The molecule has 33 heavy (non-hydrogen) atoms. The zero-order valence-electron chi connectivity index (χ0n) is 18.7. The molecule has 1 aromatic heterocycles. The van der Waals surface area contributed by atoms with Crippen LogP contribution in [0.2, 0.25) is 5.02 Å². The maximum Gasteiger partial charge on any atom is 0.227 e. The van der Waals surface area contributed by atoms with Gasteiger partial charge in [-0.2, -0.15) is 0 Å². The number of halogens is 1. The number of likely N-dealkylation sites (N-methyl/N-ethyl adjacent to an activating group) is 1. The third-order valence-corrected chi connectivity index (χ3v) is 6.12. The average Bonchev–Trinajstić information content (AvgIpc) is 2.85. The largest absolute Gasteiger partial charge is 0.495 e. The average molecular weight is 468 g/mol. The maximum absolute atomic E-state index is 6.43. The summed E-state index contributed by atoms with van der Waals surface area (Å²) in [5.74, 6) is 2.66. The van der Waals surface area contributed by atoms with E-state index in [2.05, 4.69) is 38.2 Å². The molecule has 2 aliphatic rings. The fourth-order valence-electron chi connectivity index (χ4n) is 4.01. The Bertz CT molecular complexity index is 1150. The number of hydrogen-bond donors (Lipinski definition) is 1. The molecule has 3 heterocycles. The van der Waals surface area contributed by atoms with Crippen LogP contribution in [0.5, 0.6) is 17.2 Å². The Hall–Kier alpha value is -3.23. The molecular weight excluding hydrogens is 442 g/mol. The van der Waals surface area contributed by atoms with Crippen molar-refractivity contribution < 1.29 is 14.2 Å². The molecule has 3 aromatic rings. The fraction of sp³-hybridized carbons (Fsp3) is 0.333. The van der Waals surface area contributed by atoms with Crippen LogP contribution in [0.3, 0.4) is 0 Å². The zero-order chi connectivity index (χ0) is 22.8. The van der Waals surface area contributed by atoms with Crippen LogP contribution >= 0.6 is 11.6 Å². The van der Waals surface area contributed by atoms with Crippen molar-refractivity contribution in [3.63, 3.8) is 0 Å². The lowest BCUT2D eigenvalue weighted by atomic mass is 10.1.